The van der Waals surface area contributed by atoms with E-state index in [0.29, 0.717) is 0 Å². The third-order valence-electron chi connectivity index (χ3n) is 4.24. The summed E-state index contributed by atoms with van der Waals surface area (Å²) in [6, 6.07) is 7.03. The smallest absolute Gasteiger partial charge is 0.191 e. The van der Waals surface area contributed by atoms with Gasteiger partial charge in [-0.2, -0.15) is 5.10 Å². The van der Waals surface area contributed by atoms with Crippen LogP contribution in [0.4, 0.5) is 4.39 Å². The summed E-state index contributed by atoms with van der Waals surface area (Å²) >= 11 is 0. The van der Waals surface area contributed by atoms with Crippen LogP contribution in [-0.2, 0) is 13.0 Å². The van der Waals surface area contributed by atoms with E-state index in [9.17, 15) is 4.39 Å². The Morgan fingerprint density at radius 1 is 1.19 bits per heavy atom. The Labute approximate surface area is 178 Å². The molecule has 7 heteroatoms. The quantitative estimate of drug-likeness (QED) is 0.258. The van der Waals surface area contributed by atoms with Gasteiger partial charge in [-0.05, 0) is 69.9 Å². The minimum absolute atomic E-state index is 0. The Balaban J connectivity index is 0.00000364. The Kier molecular flexibility index (Phi) is 10.4. The van der Waals surface area contributed by atoms with Crippen LogP contribution in [0.15, 0.2) is 29.3 Å². The lowest BCUT2D eigenvalue weighted by Gasteiger charge is -2.12. The summed E-state index contributed by atoms with van der Waals surface area (Å²) in [5.41, 5.74) is 4.38. The molecular formula is C20H31FIN5. The van der Waals surface area contributed by atoms with Gasteiger partial charge in [-0.3, -0.25) is 9.67 Å². The average Bonchev–Trinajstić information content (AvgIpc) is 2.91. The number of halogens is 2. The van der Waals surface area contributed by atoms with E-state index in [1.807, 2.05) is 24.6 Å². The Bertz CT molecular complexity index is 742. The molecule has 0 aliphatic carbocycles. The highest BCUT2D eigenvalue weighted by atomic mass is 127. The molecule has 2 rings (SSSR count). The van der Waals surface area contributed by atoms with Gasteiger partial charge >= 0.3 is 0 Å². The Morgan fingerprint density at radius 3 is 2.59 bits per heavy atom. The van der Waals surface area contributed by atoms with Crippen molar-refractivity contribution >= 4 is 29.9 Å². The largest absolute Gasteiger partial charge is 0.357 e. The van der Waals surface area contributed by atoms with Gasteiger partial charge in [0.05, 0.1) is 5.69 Å². The van der Waals surface area contributed by atoms with Crippen molar-refractivity contribution in [3.8, 4) is 0 Å². The summed E-state index contributed by atoms with van der Waals surface area (Å²) in [5, 5.41) is 11.1. The van der Waals surface area contributed by atoms with E-state index < -0.39 is 0 Å². The summed E-state index contributed by atoms with van der Waals surface area (Å²) < 4.78 is 15.2. The normalized spacial score (nSPS) is 11.2. The molecule has 0 aliphatic rings. The average molecular weight is 487 g/mol. The van der Waals surface area contributed by atoms with Crippen molar-refractivity contribution in [1.29, 1.82) is 0 Å². The molecule has 2 aromatic rings. The summed E-state index contributed by atoms with van der Waals surface area (Å²) in [4.78, 5) is 4.63. The lowest BCUT2D eigenvalue weighted by Crippen LogP contribution is -2.38. The van der Waals surface area contributed by atoms with Crippen LogP contribution >= 0.6 is 24.0 Å². The van der Waals surface area contributed by atoms with E-state index in [-0.39, 0.29) is 29.8 Å². The molecule has 0 spiro atoms. The third kappa shape index (κ3) is 7.86. The minimum Gasteiger partial charge on any atom is -0.357 e. The number of guanidine groups is 1. The molecule has 1 heterocycles. The summed E-state index contributed by atoms with van der Waals surface area (Å²) in [5.74, 6) is 0.636. The summed E-state index contributed by atoms with van der Waals surface area (Å²) in [7, 11) is 0. The minimum atomic E-state index is -0.184. The van der Waals surface area contributed by atoms with E-state index in [4.69, 9.17) is 0 Å². The molecular weight excluding hydrogens is 456 g/mol. The molecule has 0 unspecified atom stereocenters. The van der Waals surface area contributed by atoms with Crippen molar-refractivity contribution in [3.05, 3.63) is 52.6 Å². The Hall–Kier alpha value is -1.64. The molecule has 0 aliphatic heterocycles. The van der Waals surface area contributed by atoms with Gasteiger partial charge in [-0.15, -0.1) is 24.0 Å². The zero-order valence-corrected chi connectivity index (χ0v) is 19.0. The standard InChI is InChI=1S/C20H30FN5.HI/c1-5-22-20(23-10-6-12-26-17(4)14-16(3)25-26)24-11-9-18-7-8-19(21)13-15(18)2;/h7-8,13-14H,5-6,9-12H2,1-4H3,(H2,22,23,24);1H. The molecule has 0 bridgehead atoms. The van der Waals surface area contributed by atoms with Crippen molar-refractivity contribution in [2.24, 2.45) is 4.99 Å². The summed E-state index contributed by atoms with van der Waals surface area (Å²) in [6.07, 6.45) is 1.78. The second-order valence-corrected chi connectivity index (χ2v) is 6.51. The van der Waals surface area contributed by atoms with Crippen LogP contribution < -0.4 is 10.6 Å². The number of aromatic nitrogens is 2. The SMILES string of the molecule is CCNC(=NCCCn1nc(C)cc1C)NCCc1ccc(F)cc1C.I. The predicted molar refractivity (Wildman–Crippen MR) is 121 cm³/mol. The van der Waals surface area contributed by atoms with Gasteiger partial charge in [0.1, 0.15) is 5.82 Å². The first-order valence-electron chi connectivity index (χ1n) is 9.28. The van der Waals surface area contributed by atoms with E-state index in [1.54, 1.807) is 6.07 Å². The molecule has 150 valence electrons. The number of aryl methyl sites for hydroxylation is 4. The molecule has 0 atom stereocenters. The first kappa shape index (κ1) is 23.4. The molecule has 0 saturated heterocycles. The first-order valence-corrected chi connectivity index (χ1v) is 9.28. The number of rotatable bonds is 8. The van der Waals surface area contributed by atoms with Gasteiger partial charge in [0.25, 0.3) is 0 Å². The van der Waals surface area contributed by atoms with Crippen LogP contribution in [0.25, 0.3) is 0 Å². The highest BCUT2D eigenvalue weighted by molar-refractivity contribution is 14.0. The highest BCUT2D eigenvalue weighted by Gasteiger charge is 2.03. The molecule has 0 radical (unpaired) electrons. The fraction of sp³-hybridized carbons (Fsp3) is 0.500. The molecule has 2 N–H and O–H groups in total. The Morgan fingerprint density at radius 2 is 1.96 bits per heavy atom. The maximum absolute atomic E-state index is 13.2. The maximum Gasteiger partial charge on any atom is 0.191 e. The monoisotopic (exact) mass is 487 g/mol. The number of benzene rings is 1. The van der Waals surface area contributed by atoms with Crippen LogP contribution in [0.3, 0.4) is 0 Å². The van der Waals surface area contributed by atoms with E-state index in [2.05, 4.69) is 40.6 Å². The number of aliphatic imine (C=N–C) groups is 1. The maximum atomic E-state index is 13.2. The lowest BCUT2D eigenvalue weighted by atomic mass is 10.1. The number of nitrogens with zero attached hydrogens (tertiary/aromatic N) is 3. The van der Waals surface area contributed by atoms with E-state index in [0.717, 1.165) is 61.8 Å². The molecule has 27 heavy (non-hydrogen) atoms. The zero-order valence-electron chi connectivity index (χ0n) is 16.7. The number of hydrogen-bond donors (Lipinski definition) is 2. The molecule has 1 aromatic heterocycles. The predicted octanol–water partition coefficient (Wildman–Crippen LogP) is 3.75. The fourth-order valence-corrected chi connectivity index (χ4v) is 2.91. The second-order valence-electron chi connectivity index (χ2n) is 6.51. The van der Waals surface area contributed by atoms with Gasteiger partial charge < -0.3 is 10.6 Å². The fourth-order valence-electron chi connectivity index (χ4n) is 2.91. The van der Waals surface area contributed by atoms with Crippen molar-refractivity contribution in [3.63, 3.8) is 0 Å². The molecule has 0 fully saturated rings. The molecule has 0 saturated carbocycles. The van der Waals surface area contributed by atoms with Crippen molar-refractivity contribution in [2.75, 3.05) is 19.6 Å². The third-order valence-corrected chi connectivity index (χ3v) is 4.24. The van der Waals surface area contributed by atoms with Crippen molar-refractivity contribution < 1.29 is 4.39 Å². The number of nitrogens with one attached hydrogen (secondary N) is 2. The molecule has 5 nitrogen and oxygen atoms in total. The second kappa shape index (κ2) is 11.9. The topological polar surface area (TPSA) is 54.2 Å². The summed E-state index contributed by atoms with van der Waals surface area (Å²) in [6.45, 7) is 11.3. The lowest BCUT2D eigenvalue weighted by molar-refractivity contribution is 0.567. The van der Waals surface area contributed by atoms with Crippen LogP contribution in [0.2, 0.25) is 0 Å². The molecule has 0 amide bonds. The van der Waals surface area contributed by atoms with Gasteiger partial charge in [-0.1, -0.05) is 6.07 Å². The first-order chi connectivity index (χ1) is 12.5. The zero-order chi connectivity index (χ0) is 18.9. The van der Waals surface area contributed by atoms with Gasteiger partial charge in [0.2, 0.25) is 0 Å². The van der Waals surface area contributed by atoms with Crippen LogP contribution in [0, 0.1) is 26.6 Å². The highest BCUT2D eigenvalue weighted by Crippen LogP contribution is 2.10. The van der Waals surface area contributed by atoms with E-state index in [1.165, 1.54) is 11.8 Å². The van der Waals surface area contributed by atoms with Gasteiger partial charge in [-0.25, -0.2) is 4.39 Å². The molecule has 1 aromatic carbocycles. The van der Waals surface area contributed by atoms with Crippen molar-refractivity contribution in [2.45, 2.75) is 47.1 Å². The van der Waals surface area contributed by atoms with Crippen LogP contribution in [0.1, 0.15) is 35.9 Å². The number of hydrogen-bond acceptors (Lipinski definition) is 2. The van der Waals surface area contributed by atoms with Gasteiger partial charge in [0, 0.05) is 31.9 Å². The van der Waals surface area contributed by atoms with Gasteiger partial charge in [0.15, 0.2) is 5.96 Å². The van der Waals surface area contributed by atoms with Crippen LogP contribution in [-0.4, -0.2) is 35.4 Å². The van der Waals surface area contributed by atoms with E-state index >= 15 is 0 Å². The van der Waals surface area contributed by atoms with Crippen molar-refractivity contribution in [1.82, 2.24) is 20.4 Å². The van der Waals surface area contributed by atoms with Crippen LogP contribution in [0.5, 0.6) is 0 Å².